The van der Waals surface area contributed by atoms with Crippen LogP contribution in [0, 0.1) is 13.8 Å². The van der Waals surface area contributed by atoms with E-state index in [1.165, 1.54) is 29.4 Å². The highest BCUT2D eigenvalue weighted by Crippen LogP contribution is 2.42. The minimum atomic E-state index is -4.55. The van der Waals surface area contributed by atoms with E-state index in [1.807, 2.05) is 51.1 Å². The monoisotopic (exact) mass is 631 g/mol. The van der Waals surface area contributed by atoms with Crippen molar-refractivity contribution in [3.8, 4) is 28.0 Å². The Morgan fingerprint density at radius 1 is 1.02 bits per heavy atom. The Morgan fingerprint density at radius 3 is 2.33 bits per heavy atom. The molecule has 0 saturated carbocycles. The molecule has 2 heterocycles. The molecule has 11 heteroatoms. The highest BCUT2D eigenvalue weighted by molar-refractivity contribution is 7.16. The van der Waals surface area contributed by atoms with Crippen LogP contribution >= 0.6 is 22.9 Å². The van der Waals surface area contributed by atoms with Crippen molar-refractivity contribution in [1.29, 1.82) is 0 Å². The van der Waals surface area contributed by atoms with Crippen LogP contribution in [0.2, 0.25) is 4.34 Å². The van der Waals surface area contributed by atoms with Gasteiger partial charge in [-0.25, -0.2) is 4.79 Å². The number of methoxy groups -OCH3 is 1. The van der Waals surface area contributed by atoms with Crippen LogP contribution in [-0.2, 0) is 22.3 Å². The van der Waals surface area contributed by atoms with Crippen LogP contribution in [-0.4, -0.2) is 35.7 Å². The molecule has 226 valence electrons. The summed E-state index contributed by atoms with van der Waals surface area (Å²) in [7, 11) is 1.52. The molecule has 6 nitrogen and oxygen atoms in total. The van der Waals surface area contributed by atoms with Gasteiger partial charge in [0, 0.05) is 10.4 Å². The fraction of sp³-hybridized carbons (Fsp3) is 0.250. The molecule has 0 bridgehead atoms. The van der Waals surface area contributed by atoms with Crippen molar-refractivity contribution in [3.63, 3.8) is 0 Å². The molecular formula is C32H29ClF3NO5S. The molecule has 2 unspecified atom stereocenters. The predicted octanol–water partition coefficient (Wildman–Crippen LogP) is 9.16. The molecular weight excluding hydrogens is 603 g/mol. The van der Waals surface area contributed by atoms with Crippen molar-refractivity contribution in [3.05, 3.63) is 98.2 Å². The van der Waals surface area contributed by atoms with Crippen molar-refractivity contribution in [2.24, 2.45) is 0 Å². The van der Waals surface area contributed by atoms with Gasteiger partial charge in [-0.05, 0) is 85.0 Å². The van der Waals surface area contributed by atoms with E-state index in [9.17, 15) is 18.0 Å². The minimum absolute atomic E-state index is 0.0776. The number of amides is 1. The molecule has 1 aromatic heterocycles. The molecule has 3 aromatic carbocycles. The smallest absolute Gasteiger partial charge is 0.416 e. The van der Waals surface area contributed by atoms with Gasteiger partial charge < -0.3 is 14.6 Å². The number of alkyl halides is 3. The highest BCUT2D eigenvalue weighted by Gasteiger charge is 2.41. The summed E-state index contributed by atoms with van der Waals surface area (Å²) in [5.74, 6) is 0.512. The van der Waals surface area contributed by atoms with E-state index < -0.39 is 30.0 Å². The zero-order chi connectivity index (χ0) is 31.5. The predicted molar refractivity (Wildman–Crippen MR) is 161 cm³/mol. The average Bonchev–Trinajstić information content (AvgIpc) is 3.50. The first-order chi connectivity index (χ1) is 20.4. The molecule has 1 fully saturated rings. The van der Waals surface area contributed by atoms with Crippen LogP contribution in [0.1, 0.15) is 40.2 Å². The van der Waals surface area contributed by atoms with Gasteiger partial charge in [-0.15, -0.1) is 11.3 Å². The lowest BCUT2D eigenvalue weighted by molar-refractivity contribution is -0.137. The van der Waals surface area contributed by atoms with Crippen molar-refractivity contribution in [2.75, 3.05) is 7.11 Å². The summed E-state index contributed by atoms with van der Waals surface area (Å²) in [6.45, 7) is 5.53. The van der Waals surface area contributed by atoms with E-state index in [1.54, 1.807) is 12.1 Å². The summed E-state index contributed by atoms with van der Waals surface area (Å²) in [6.07, 6.45) is -5.71. The number of carboxylic acid groups (broad SMARTS) is 1. The summed E-state index contributed by atoms with van der Waals surface area (Å²) in [4.78, 5) is 23.6. The van der Waals surface area contributed by atoms with Crippen molar-refractivity contribution >= 4 is 35.5 Å². The third kappa shape index (κ3) is 6.97. The van der Waals surface area contributed by atoms with Crippen molar-refractivity contribution < 1.29 is 37.3 Å². The number of cyclic esters (lactones) is 1. The molecule has 0 radical (unpaired) electrons. The van der Waals surface area contributed by atoms with E-state index in [4.69, 9.17) is 31.0 Å². The van der Waals surface area contributed by atoms with E-state index in [0.717, 1.165) is 39.3 Å². The Labute approximate surface area is 256 Å². The number of benzene rings is 3. The third-order valence-electron chi connectivity index (χ3n) is 7.22. The molecule has 43 heavy (non-hydrogen) atoms. The fourth-order valence-electron chi connectivity index (χ4n) is 5.16. The highest BCUT2D eigenvalue weighted by atomic mass is 35.5. The quantitative estimate of drug-likeness (QED) is 0.215. The Morgan fingerprint density at radius 2 is 1.72 bits per heavy atom. The maximum Gasteiger partial charge on any atom is 0.416 e. The van der Waals surface area contributed by atoms with Gasteiger partial charge in [-0.2, -0.15) is 13.2 Å². The number of carbonyl (C=O) groups excluding carboxylic acids is 1. The summed E-state index contributed by atoms with van der Waals surface area (Å²) in [5, 5.41) is 6.89. The lowest BCUT2D eigenvalue weighted by Crippen LogP contribution is -2.31. The number of nitrogens with zero attached hydrogens (tertiary/aromatic N) is 1. The standard InChI is InChI=1S/C31H27ClF3NO3S.CH2O2/c1-17-5-8-23(18(2)13-17)20-6-10-26(38-4)25(15-20)24-9-7-22(31(33,34)35)14-21(24)16-36-19(3)29(39-30(36)37)27-11-12-28(32)40-27;2-1-3/h5-15,19,29H,16H2,1-4H3;1H,(H,2,3). The van der Waals surface area contributed by atoms with E-state index in [2.05, 4.69) is 6.07 Å². The summed E-state index contributed by atoms with van der Waals surface area (Å²) < 4.78 is 53.3. The van der Waals surface area contributed by atoms with Crippen LogP contribution in [0.25, 0.3) is 22.3 Å². The Bertz CT molecular complexity index is 1640. The molecule has 2 atom stereocenters. The zero-order valence-corrected chi connectivity index (χ0v) is 25.3. The molecule has 1 aliphatic rings. The average molecular weight is 632 g/mol. The SMILES string of the molecule is COc1ccc(-c2ccc(C)cc2C)cc1-c1ccc(C(F)(F)F)cc1CN1C(=O)OC(c2ccc(Cl)s2)C1C.O=CO. The first-order valence-electron chi connectivity index (χ1n) is 13.1. The topological polar surface area (TPSA) is 76.1 Å². The number of aryl methyl sites for hydroxylation is 2. The fourth-order valence-corrected chi connectivity index (χ4v) is 6.35. The maximum atomic E-state index is 13.8. The van der Waals surface area contributed by atoms with Gasteiger partial charge in [0.1, 0.15) is 5.75 Å². The van der Waals surface area contributed by atoms with E-state index in [0.29, 0.717) is 26.8 Å². The van der Waals surface area contributed by atoms with Crippen LogP contribution in [0.15, 0.2) is 66.7 Å². The molecule has 5 rings (SSSR count). The van der Waals surface area contributed by atoms with Crippen LogP contribution in [0.3, 0.4) is 0 Å². The lowest BCUT2D eigenvalue weighted by atomic mass is 9.91. The number of carbonyl (C=O) groups is 2. The first-order valence-corrected chi connectivity index (χ1v) is 14.3. The molecule has 1 aliphatic heterocycles. The molecule has 1 saturated heterocycles. The van der Waals surface area contributed by atoms with E-state index >= 15 is 0 Å². The second-order valence-corrected chi connectivity index (χ2v) is 11.8. The minimum Gasteiger partial charge on any atom is -0.496 e. The largest absolute Gasteiger partial charge is 0.496 e. The van der Waals surface area contributed by atoms with Crippen molar-refractivity contribution in [1.82, 2.24) is 4.90 Å². The normalized spacial score (nSPS) is 16.4. The van der Waals surface area contributed by atoms with E-state index in [-0.39, 0.29) is 13.0 Å². The second-order valence-electron chi connectivity index (χ2n) is 10.0. The van der Waals surface area contributed by atoms with Gasteiger partial charge in [-0.3, -0.25) is 9.69 Å². The van der Waals surface area contributed by atoms with Gasteiger partial charge >= 0.3 is 12.3 Å². The van der Waals surface area contributed by atoms with Gasteiger partial charge in [0.05, 0.1) is 29.6 Å². The molecule has 0 aliphatic carbocycles. The number of hydrogen-bond donors (Lipinski definition) is 1. The first kappa shape index (κ1) is 31.9. The van der Waals surface area contributed by atoms with Gasteiger partial charge in [-0.1, -0.05) is 47.5 Å². The maximum absolute atomic E-state index is 13.8. The summed E-state index contributed by atoms with van der Waals surface area (Å²) in [6, 6.07) is 18.5. The van der Waals surface area contributed by atoms with Crippen molar-refractivity contribution in [2.45, 2.75) is 45.6 Å². The number of ether oxygens (including phenoxy) is 2. The number of halogens is 4. The number of hydrogen-bond acceptors (Lipinski definition) is 5. The van der Waals surface area contributed by atoms with Crippen LogP contribution in [0.4, 0.5) is 18.0 Å². The molecule has 4 aromatic rings. The Balaban J connectivity index is 0.00000135. The Kier molecular flexibility index (Phi) is 9.72. The van der Waals surface area contributed by atoms with Gasteiger partial charge in [0.2, 0.25) is 0 Å². The lowest BCUT2D eigenvalue weighted by Gasteiger charge is -2.23. The summed E-state index contributed by atoms with van der Waals surface area (Å²) in [5.41, 5.74) is 4.84. The zero-order valence-electron chi connectivity index (χ0n) is 23.7. The third-order valence-corrected chi connectivity index (χ3v) is 8.51. The number of thiophene rings is 1. The second kappa shape index (κ2) is 13.1. The van der Waals surface area contributed by atoms with Crippen LogP contribution in [0.5, 0.6) is 5.75 Å². The number of rotatable bonds is 6. The molecule has 1 N–H and O–H groups in total. The van der Waals surface area contributed by atoms with Gasteiger partial charge in [0.25, 0.3) is 6.47 Å². The van der Waals surface area contributed by atoms with Crippen LogP contribution < -0.4 is 4.74 Å². The summed E-state index contributed by atoms with van der Waals surface area (Å²) >= 11 is 7.39. The Hall–Kier alpha value is -4.02. The molecule has 0 spiro atoms. The van der Waals surface area contributed by atoms with Gasteiger partial charge in [0.15, 0.2) is 6.10 Å². The molecule has 1 amide bonds.